The Morgan fingerprint density at radius 3 is 2.38 bits per heavy atom. The Balaban J connectivity index is 2.19. The zero-order valence-electron chi connectivity index (χ0n) is 12.3. The topological polar surface area (TPSA) is 55.4 Å². The van der Waals surface area contributed by atoms with Crippen LogP contribution in [0.2, 0.25) is 5.02 Å². The van der Waals surface area contributed by atoms with E-state index >= 15 is 0 Å². The van der Waals surface area contributed by atoms with Gasteiger partial charge in [0.1, 0.15) is 10.6 Å². The number of hydrogen-bond acceptors (Lipinski definition) is 3. The number of hydrogen-bond donors (Lipinski definition) is 1. The molecule has 0 atom stereocenters. The Bertz CT molecular complexity index is 566. The van der Waals surface area contributed by atoms with E-state index in [0.717, 1.165) is 25.7 Å². The molecule has 21 heavy (non-hydrogen) atoms. The molecule has 0 saturated heterocycles. The minimum Gasteiger partial charge on any atom is -0.495 e. The monoisotopic (exact) mass is 331 g/mol. The van der Waals surface area contributed by atoms with E-state index in [4.69, 9.17) is 16.3 Å². The minimum atomic E-state index is -3.61. The van der Waals surface area contributed by atoms with Gasteiger partial charge in [-0.25, -0.2) is 13.1 Å². The molecule has 0 amide bonds. The van der Waals surface area contributed by atoms with Crippen LogP contribution in [-0.4, -0.2) is 21.6 Å². The molecule has 1 saturated carbocycles. The standard InChI is InChI=1S/C15H22ClNO3S/c1-20-14-10-9-12(16)11-15(14)21(18,19)17-13-7-5-3-2-4-6-8-13/h9-11,13,17H,2-8H2,1H3. The third-order valence-corrected chi connectivity index (χ3v) is 5.62. The quantitative estimate of drug-likeness (QED) is 0.914. The third-order valence-electron chi connectivity index (χ3n) is 3.84. The number of nitrogens with one attached hydrogen (secondary N) is 1. The van der Waals surface area contributed by atoms with Gasteiger partial charge in [0.15, 0.2) is 0 Å². The second-order valence-corrected chi connectivity index (χ2v) is 7.58. The summed E-state index contributed by atoms with van der Waals surface area (Å²) in [7, 11) is -2.16. The van der Waals surface area contributed by atoms with Crippen molar-refractivity contribution in [3.63, 3.8) is 0 Å². The van der Waals surface area contributed by atoms with Gasteiger partial charge in [-0.1, -0.05) is 43.7 Å². The molecule has 2 rings (SSSR count). The predicted molar refractivity (Wildman–Crippen MR) is 84.4 cm³/mol. The highest BCUT2D eigenvalue weighted by Crippen LogP contribution is 2.28. The molecule has 0 aliphatic heterocycles. The molecule has 0 unspecified atom stereocenters. The van der Waals surface area contributed by atoms with Crippen molar-refractivity contribution in [3.05, 3.63) is 23.2 Å². The van der Waals surface area contributed by atoms with Crippen LogP contribution in [0.1, 0.15) is 44.9 Å². The van der Waals surface area contributed by atoms with Gasteiger partial charge in [0.2, 0.25) is 10.0 Å². The van der Waals surface area contributed by atoms with E-state index in [0.29, 0.717) is 10.8 Å². The summed E-state index contributed by atoms with van der Waals surface area (Å²) in [6.07, 6.45) is 7.53. The smallest absolute Gasteiger partial charge is 0.244 e. The molecule has 0 radical (unpaired) electrons. The average Bonchev–Trinajstić information content (AvgIpc) is 2.41. The molecule has 0 aromatic heterocycles. The molecule has 1 aliphatic rings. The van der Waals surface area contributed by atoms with Crippen LogP contribution in [0.3, 0.4) is 0 Å². The summed E-state index contributed by atoms with van der Waals surface area (Å²) in [5, 5.41) is 0.383. The van der Waals surface area contributed by atoms with Crippen molar-refractivity contribution < 1.29 is 13.2 Å². The van der Waals surface area contributed by atoms with E-state index in [1.807, 2.05) is 0 Å². The van der Waals surface area contributed by atoms with Crippen LogP contribution in [0.25, 0.3) is 0 Å². The first-order valence-corrected chi connectivity index (χ1v) is 9.25. The summed E-state index contributed by atoms with van der Waals surface area (Å²) in [6.45, 7) is 0. The highest BCUT2D eigenvalue weighted by atomic mass is 35.5. The number of sulfonamides is 1. The highest BCUT2D eigenvalue weighted by molar-refractivity contribution is 7.89. The average molecular weight is 332 g/mol. The molecule has 1 aromatic rings. The zero-order valence-corrected chi connectivity index (χ0v) is 13.8. The molecular weight excluding hydrogens is 310 g/mol. The van der Waals surface area contributed by atoms with Crippen molar-refractivity contribution in [2.45, 2.75) is 55.9 Å². The zero-order chi connectivity index (χ0) is 15.3. The molecule has 4 nitrogen and oxygen atoms in total. The molecular formula is C15H22ClNO3S. The van der Waals surface area contributed by atoms with Crippen LogP contribution in [0.15, 0.2) is 23.1 Å². The Kier molecular flexibility index (Phi) is 5.90. The summed E-state index contributed by atoms with van der Waals surface area (Å²) in [5.41, 5.74) is 0. The lowest BCUT2D eigenvalue weighted by Crippen LogP contribution is -2.35. The highest BCUT2D eigenvalue weighted by Gasteiger charge is 2.24. The Hall–Kier alpha value is -0.780. The van der Waals surface area contributed by atoms with Gasteiger partial charge in [-0.3, -0.25) is 0 Å². The fourth-order valence-corrected chi connectivity index (χ4v) is 4.45. The molecule has 1 fully saturated rings. The molecule has 0 heterocycles. The Morgan fingerprint density at radius 1 is 1.14 bits per heavy atom. The van der Waals surface area contributed by atoms with Crippen LogP contribution in [-0.2, 0) is 10.0 Å². The third kappa shape index (κ3) is 4.59. The van der Waals surface area contributed by atoms with Gasteiger partial charge >= 0.3 is 0 Å². The van der Waals surface area contributed by atoms with E-state index in [1.165, 1.54) is 32.4 Å². The summed E-state index contributed by atoms with van der Waals surface area (Å²) in [6, 6.07) is 4.63. The molecule has 118 valence electrons. The van der Waals surface area contributed by atoms with E-state index in [2.05, 4.69) is 4.72 Å². The molecule has 0 bridgehead atoms. The molecule has 6 heteroatoms. The van der Waals surface area contributed by atoms with Crippen molar-refractivity contribution in [2.24, 2.45) is 0 Å². The first-order chi connectivity index (χ1) is 10.0. The van der Waals surface area contributed by atoms with Gasteiger partial charge < -0.3 is 4.74 Å². The van der Waals surface area contributed by atoms with Gasteiger partial charge in [-0.05, 0) is 31.0 Å². The summed E-state index contributed by atoms with van der Waals surface area (Å²) in [5.74, 6) is 0.317. The molecule has 1 aliphatic carbocycles. The van der Waals surface area contributed by atoms with Crippen LogP contribution in [0.4, 0.5) is 0 Å². The Morgan fingerprint density at radius 2 is 1.76 bits per heavy atom. The largest absolute Gasteiger partial charge is 0.495 e. The van der Waals surface area contributed by atoms with Crippen molar-refractivity contribution >= 4 is 21.6 Å². The van der Waals surface area contributed by atoms with Crippen LogP contribution >= 0.6 is 11.6 Å². The van der Waals surface area contributed by atoms with Gasteiger partial charge in [0, 0.05) is 11.1 Å². The predicted octanol–water partition coefficient (Wildman–Crippen LogP) is 3.74. The van der Waals surface area contributed by atoms with Crippen molar-refractivity contribution in [2.75, 3.05) is 7.11 Å². The maximum Gasteiger partial charge on any atom is 0.244 e. The first kappa shape index (κ1) is 16.6. The molecule has 1 N–H and O–H groups in total. The fraction of sp³-hybridized carbons (Fsp3) is 0.600. The van der Waals surface area contributed by atoms with Gasteiger partial charge in [0.25, 0.3) is 0 Å². The maximum atomic E-state index is 12.6. The Labute approximate surface area is 131 Å². The molecule has 0 spiro atoms. The second kappa shape index (κ2) is 7.47. The number of benzene rings is 1. The van der Waals surface area contributed by atoms with E-state index < -0.39 is 10.0 Å². The number of methoxy groups -OCH3 is 1. The van der Waals surface area contributed by atoms with Crippen molar-refractivity contribution in [3.8, 4) is 5.75 Å². The van der Waals surface area contributed by atoms with Crippen LogP contribution < -0.4 is 9.46 Å². The van der Waals surface area contributed by atoms with E-state index in [1.54, 1.807) is 12.1 Å². The van der Waals surface area contributed by atoms with Gasteiger partial charge in [-0.2, -0.15) is 0 Å². The van der Waals surface area contributed by atoms with Crippen LogP contribution in [0.5, 0.6) is 5.75 Å². The fourth-order valence-electron chi connectivity index (χ4n) is 2.72. The van der Waals surface area contributed by atoms with Crippen LogP contribution in [0, 0.1) is 0 Å². The number of ether oxygens (including phenoxy) is 1. The lowest BCUT2D eigenvalue weighted by Gasteiger charge is -2.21. The lowest BCUT2D eigenvalue weighted by atomic mass is 9.97. The molecule has 1 aromatic carbocycles. The summed E-state index contributed by atoms with van der Waals surface area (Å²) in [4.78, 5) is 0.111. The van der Waals surface area contributed by atoms with Gasteiger partial charge in [-0.15, -0.1) is 0 Å². The minimum absolute atomic E-state index is 0.000937. The van der Waals surface area contributed by atoms with Crippen molar-refractivity contribution in [1.82, 2.24) is 4.72 Å². The first-order valence-electron chi connectivity index (χ1n) is 7.39. The second-order valence-electron chi connectivity index (χ2n) is 5.46. The van der Waals surface area contributed by atoms with E-state index in [-0.39, 0.29) is 10.9 Å². The number of halogens is 1. The maximum absolute atomic E-state index is 12.6. The lowest BCUT2D eigenvalue weighted by molar-refractivity contribution is 0.399. The normalized spacial score (nSPS) is 18.0. The van der Waals surface area contributed by atoms with E-state index in [9.17, 15) is 8.42 Å². The number of rotatable bonds is 4. The summed E-state index contributed by atoms with van der Waals surface area (Å²) < 4.78 is 33.1. The van der Waals surface area contributed by atoms with Crippen molar-refractivity contribution in [1.29, 1.82) is 0 Å². The van der Waals surface area contributed by atoms with Gasteiger partial charge in [0.05, 0.1) is 7.11 Å². The summed E-state index contributed by atoms with van der Waals surface area (Å²) >= 11 is 5.92. The SMILES string of the molecule is COc1ccc(Cl)cc1S(=O)(=O)NC1CCCCCCC1.